The van der Waals surface area contributed by atoms with Crippen molar-refractivity contribution in [2.45, 2.75) is 26.2 Å². The molecule has 0 unspecified atom stereocenters. The van der Waals surface area contributed by atoms with Crippen molar-refractivity contribution in [2.24, 2.45) is 0 Å². The van der Waals surface area contributed by atoms with E-state index in [1.54, 1.807) is 32.0 Å². The Bertz CT molecular complexity index is 342. The molecular weight excluding hydrogens is 180 g/mol. The molecule has 0 aliphatic heterocycles. The summed E-state index contributed by atoms with van der Waals surface area (Å²) in [6.45, 7) is 5.12. The van der Waals surface area contributed by atoms with Gasteiger partial charge in [-0.2, -0.15) is 0 Å². The first-order valence-electron chi connectivity index (χ1n) is 4.42. The van der Waals surface area contributed by atoms with E-state index in [2.05, 4.69) is 4.89 Å². The molecular formula is C11H14O3. The molecule has 3 nitrogen and oxygen atoms in total. The van der Waals surface area contributed by atoms with E-state index in [0.717, 1.165) is 0 Å². The highest BCUT2D eigenvalue weighted by Gasteiger charge is 2.29. The summed E-state index contributed by atoms with van der Waals surface area (Å²) in [6.07, 6.45) is 0. The van der Waals surface area contributed by atoms with Crippen molar-refractivity contribution >= 4 is 5.78 Å². The standard InChI is InChI=1S/C11H14O3/c1-8(12)11(2,3)9-6-4-5-7-10(9)14-13/h4-7,13H,1-3H3. The molecule has 1 rings (SSSR count). The zero-order valence-electron chi connectivity index (χ0n) is 8.57. The van der Waals surface area contributed by atoms with Crippen molar-refractivity contribution in [2.75, 3.05) is 0 Å². The minimum Gasteiger partial charge on any atom is -0.340 e. The third-order valence-corrected chi connectivity index (χ3v) is 2.54. The van der Waals surface area contributed by atoms with Gasteiger partial charge in [-0.25, -0.2) is 5.26 Å². The first kappa shape index (κ1) is 10.7. The fourth-order valence-corrected chi connectivity index (χ4v) is 1.25. The van der Waals surface area contributed by atoms with Crippen LogP contribution >= 0.6 is 0 Å². The Hall–Kier alpha value is -1.35. The maximum absolute atomic E-state index is 11.4. The molecule has 0 spiro atoms. The average Bonchev–Trinajstić information content (AvgIpc) is 2.17. The van der Waals surface area contributed by atoms with E-state index in [4.69, 9.17) is 5.26 Å². The van der Waals surface area contributed by atoms with Gasteiger partial charge in [-0.05, 0) is 26.8 Å². The van der Waals surface area contributed by atoms with Crippen LogP contribution in [0.25, 0.3) is 0 Å². The molecule has 0 saturated heterocycles. The zero-order valence-corrected chi connectivity index (χ0v) is 8.57. The van der Waals surface area contributed by atoms with Gasteiger partial charge in [0.05, 0.1) is 5.41 Å². The van der Waals surface area contributed by atoms with Crippen molar-refractivity contribution in [1.29, 1.82) is 0 Å². The van der Waals surface area contributed by atoms with Gasteiger partial charge in [0.2, 0.25) is 0 Å². The van der Waals surface area contributed by atoms with E-state index in [1.807, 2.05) is 6.07 Å². The molecule has 0 bridgehead atoms. The highest BCUT2D eigenvalue weighted by Crippen LogP contribution is 2.31. The molecule has 0 heterocycles. The number of carbonyl (C=O) groups excluding carboxylic acids is 1. The summed E-state index contributed by atoms with van der Waals surface area (Å²) in [6, 6.07) is 6.95. The number of Topliss-reactive ketones (excluding diaryl/α,β-unsaturated/α-hetero) is 1. The molecule has 14 heavy (non-hydrogen) atoms. The normalized spacial score (nSPS) is 11.1. The molecule has 0 saturated carbocycles. The molecule has 1 N–H and O–H groups in total. The molecule has 1 aromatic rings. The van der Waals surface area contributed by atoms with Crippen LogP contribution in [0.4, 0.5) is 0 Å². The van der Waals surface area contributed by atoms with Crippen molar-refractivity contribution in [1.82, 2.24) is 0 Å². The molecule has 0 aromatic heterocycles. The van der Waals surface area contributed by atoms with Gasteiger partial charge in [0.25, 0.3) is 0 Å². The second kappa shape index (κ2) is 3.80. The van der Waals surface area contributed by atoms with E-state index in [-0.39, 0.29) is 5.78 Å². The smallest absolute Gasteiger partial charge is 0.169 e. The molecule has 1 aromatic carbocycles. The minimum atomic E-state index is -0.640. The number of hydrogen-bond donors (Lipinski definition) is 1. The van der Waals surface area contributed by atoms with Gasteiger partial charge >= 0.3 is 0 Å². The third kappa shape index (κ3) is 1.77. The molecule has 76 valence electrons. The van der Waals surface area contributed by atoms with Crippen LogP contribution in [0.2, 0.25) is 0 Å². The predicted octanol–water partition coefficient (Wildman–Crippen LogP) is 2.41. The molecule has 0 atom stereocenters. The molecule has 3 heteroatoms. The lowest BCUT2D eigenvalue weighted by Crippen LogP contribution is -2.26. The second-order valence-electron chi connectivity index (χ2n) is 3.77. The second-order valence-corrected chi connectivity index (χ2v) is 3.77. The lowest BCUT2D eigenvalue weighted by atomic mass is 9.81. The Morgan fingerprint density at radius 1 is 1.36 bits per heavy atom. The van der Waals surface area contributed by atoms with Crippen LogP contribution in [0.1, 0.15) is 26.3 Å². The van der Waals surface area contributed by atoms with Gasteiger partial charge < -0.3 is 4.89 Å². The monoisotopic (exact) mass is 194 g/mol. The molecule has 0 amide bonds. The van der Waals surface area contributed by atoms with Crippen LogP contribution in [0.3, 0.4) is 0 Å². The maximum Gasteiger partial charge on any atom is 0.169 e. The number of hydrogen-bond acceptors (Lipinski definition) is 3. The number of para-hydroxylation sites is 1. The highest BCUT2D eigenvalue weighted by atomic mass is 17.1. The lowest BCUT2D eigenvalue weighted by Gasteiger charge is -2.22. The Kier molecular flexibility index (Phi) is 2.91. The van der Waals surface area contributed by atoms with Gasteiger partial charge in [0, 0.05) is 5.56 Å². The van der Waals surface area contributed by atoms with E-state index >= 15 is 0 Å². The van der Waals surface area contributed by atoms with Gasteiger partial charge in [-0.15, -0.1) is 0 Å². The largest absolute Gasteiger partial charge is 0.340 e. The third-order valence-electron chi connectivity index (χ3n) is 2.54. The molecule has 0 fully saturated rings. The number of rotatable bonds is 3. The Morgan fingerprint density at radius 2 is 1.93 bits per heavy atom. The van der Waals surface area contributed by atoms with Crippen LogP contribution in [0.15, 0.2) is 24.3 Å². The zero-order chi connectivity index (χ0) is 10.8. The first-order chi connectivity index (χ1) is 6.50. The van der Waals surface area contributed by atoms with Gasteiger partial charge in [-0.1, -0.05) is 18.2 Å². The summed E-state index contributed by atoms with van der Waals surface area (Å²) in [5.74, 6) is 0.356. The first-order valence-corrected chi connectivity index (χ1v) is 4.42. The Balaban J connectivity index is 3.24. The summed E-state index contributed by atoms with van der Waals surface area (Å²) in [5, 5.41) is 8.65. The van der Waals surface area contributed by atoms with Crippen LogP contribution in [0, 0.1) is 0 Å². The fourth-order valence-electron chi connectivity index (χ4n) is 1.25. The highest BCUT2D eigenvalue weighted by molar-refractivity contribution is 5.87. The molecule has 0 radical (unpaired) electrons. The van der Waals surface area contributed by atoms with Crippen LogP contribution in [0.5, 0.6) is 5.75 Å². The van der Waals surface area contributed by atoms with Crippen LogP contribution < -0.4 is 4.89 Å². The number of benzene rings is 1. The molecule has 0 aliphatic rings. The Labute approximate surface area is 83.3 Å². The van der Waals surface area contributed by atoms with E-state index in [1.165, 1.54) is 6.92 Å². The quantitative estimate of drug-likeness (QED) is 0.593. The van der Waals surface area contributed by atoms with Crippen molar-refractivity contribution in [3.8, 4) is 5.75 Å². The lowest BCUT2D eigenvalue weighted by molar-refractivity contribution is -0.139. The van der Waals surface area contributed by atoms with Crippen molar-refractivity contribution < 1.29 is 14.9 Å². The van der Waals surface area contributed by atoms with Crippen LogP contribution in [-0.2, 0) is 10.2 Å². The van der Waals surface area contributed by atoms with Crippen LogP contribution in [-0.4, -0.2) is 11.0 Å². The average molecular weight is 194 g/mol. The van der Waals surface area contributed by atoms with Crippen molar-refractivity contribution in [3.63, 3.8) is 0 Å². The summed E-state index contributed by atoms with van der Waals surface area (Å²) in [4.78, 5) is 15.6. The SMILES string of the molecule is CC(=O)C(C)(C)c1ccccc1OO. The minimum absolute atomic E-state index is 0.0296. The van der Waals surface area contributed by atoms with Gasteiger partial charge in [0.1, 0.15) is 5.78 Å². The van der Waals surface area contributed by atoms with Gasteiger partial charge in [0.15, 0.2) is 5.75 Å². The topological polar surface area (TPSA) is 46.5 Å². The molecule has 0 aliphatic carbocycles. The summed E-state index contributed by atoms with van der Waals surface area (Å²) in [5.41, 5.74) is 0.0503. The van der Waals surface area contributed by atoms with E-state index < -0.39 is 5.41 Å². The van der Waals surface area contributed by atoms with Gasteiger partial charge in [-0.3, -0.25) is 4.79 Å². The Morgan fingerprint density at radius 3 is 2.43 bits per heavy atom. The maximum atomic E-state index is 11.4. The van der Waals surface area contributed by atoms with Crippen molar-refractivity contribution in [3.05, 3.63) is 29.8 Å². The summed E-state index contributed by atoms with van der Waals surface area (Å²) in [7, 11) is 0. The number of ketones is 1. The fraction of sp³-hybridized carbons (Fsp3) is 0.364. The van der Waals surface area contributed by atoms with E-state index in [0.29, 0.717) is 11.3 Å². The summed E-state index contributed by atoms with van der Waals surface area (Å²) < 4.78 is 0. The summed E-state index contributed by atoms with van der Waals surface area (Å²) >= 11 is 0. The predicted molar refractivity (Wildman–Crippen MR) is 53.4 cm³/mol. The number of carbonyl (C=O) groups is 1. The van der Waals surface area contributed by atoms with E-state index in [9.17, 15) is 4.79 Å².